The molecular formula is C40H25NO2. The summed E-state index contributed by atoms with van der Waals surface area (Å²) in [5.74, 6) is 0. The van der Waals surface area contributed by atoms with Crippen molar-refractivity contribution >= 4 is 71.7 Å². The number of nitrogens with zero attached hydrogens (tertiary/aromatic N) is 1. The first-order chi connectivity index (χ1) is 21.3. The van der Waals surface area contributed by atoms with Gasteiger partial charge in [-0.1, -0.05) is 97.1 Å². The van der Waals surface area contributed by atoms with Gasteiger partial charge in [0, 0.05) is 32.9 Å². The second-order valence-electron chi connectivity index (χ2n) is 10.9. The van der Waals surface area contributed by atoms with Gasteiger partial charge in [-0.3, -0.25) is 0 Å². The minimum Gasteiger partial charge on any atom is -0.456 e. The SMILES string of the molecule is c1ccc(N(c2ccc(-c3ccc4ccc5oc6ccccc6c5c4c3)cc2)c2cccc3c2oc2ccccc23)cc1. The van der Waals surface area contributed by atoms with E-state index in [0.29, 0.717) is 0 Å². The van der Waals surface area contributed by atoms with E-state index in [0.717, 1.165) is 61.1 Å². The summed E-state index contributed by atoms with van der Waals surface area (Å²) in [6, 6.07) is 53.1. The summed E-state index contributed by atoms with van der Waals surface area (Å²) in [5.41, 5.74) is 9.07. The molecule has 2 aromatic heterocycles. The second-order valence-corrected chi connectivity index (χ2v) is 10.9. The van der Waals surface area contributed by atoms with E-state index in [1.165, 1.54) is 21.7 Å². The lowest BCUT2D eigenvalue weighted by molar-refractivity contribution is 0.669. The Morgan fingerprint density at radius 1 is 0.395 bits per heavy atom. The minimum absolute atomic E-state index is 0.877. The van der Waals surface area contributed by atoms with Crippen molar-refractivity contribution in [2.75, 3.05) is 4.90 Å². The summed E-state index contributed by atoms with van der Waals surface area (Å²) in [6.07, 6.45) is 0. The number of hydrogen-bond donors (Lipinski definition) is 0. The lowest BCUT2D eigenvalue weighted by Crippen LogP contribution is -2.10. The van der Waals surface area contributed by atoms with Crippen molar-refractivity contribution in [2.24, 2.45) is 0 Å². The molecule has 2 heterocycles. The standard InChI is InChI=1S/C40H25NO2/c1-2-9-29(10-3-1)41(35-14-8-13-32-31-11-4-6-15-36(31)43-40(32)35)30-22-19-26(20-23-30)28-18-17-27-21-24-38-39(34(27)25-28)33-12-5-7-16-37(33)42-38/h1-25H. The molecule has 3 heteroatoms. The molecule has 3 nitrogen and oxygen atoms in total. The van der Waals surface area contributed by atoms with Gasteiger partial charge in [-0.25, -0.2) is 0 Å². The first-order valence-electron chi connectivity index (χ1n) is 14.5. The molecule has 7 aromatic carbocycles. The third-order valence-corrected chi connectivity index (χ3v) is 8.46. The lowest BCUT2D eigenvalue weighted by atomic mass is 9.98. The van der Waals surface area contributed by atoms with Gasteiger partial charge in [0.1, 0.15) is 16.7 Å². The van der Waals surface area contributed by atoms with Crippen LogP contribution in [-0.4, -0.2) is 0 Å². The molecule has 202 valence electrons. The van der Waals surface area contributed by atoms with Crippen molar-refractivity contribution in [1.82, 2.24) is 0 Å². The zero-order valence-corrected chi connectivity index (χ0v) is 23.2. The highest BCUT2D eigenvalue weighted by Gasteiger charge is 2.19. The zero-order valence-electron chi connectivity index (χ0n) is 23.2. The maximum atomic E-state index is 6.45. The van der Waals surface area contributed by atoms with Crippen molar-refractivity contribution in [1.29, 1.82) is 0 Å². The first kappa shape index (κ1) is 23.9. The summed E-state index contributed by atoms with van der Waals surface area (Å²) in [7, 11) is 0. The van der Waals surface area contributed by atoms with Gasteiger partial charge in [0.25, 0.3) is 0 Å². The summed E-state index contributed by atoms with van der Waals surface area (Å²) in [5, 5.41) is 6.95. The monoisotopic (exact) mass is 551 g/mol. The molecule has 0 unspecified atom stereocenters. The lowest BCUT2D eigenvalue weighted by Gasteiger charge is -2.25. The minimum atomic E-state index is 0.877. The highest BCUT2D eigenvalue weighted by molar-refractivity contribution is 6.19. The van der Waals surface area contributed by atoms with Crippen LogP contribution in [0.3, 0.4) is 0 Å². The number of furan rings is 2. The molecule has 0 radical (unpaired) electrons. The van der Waals surface area contributed by atoms with Crippen LogP contribution < -0.4 is 4.90 Å². The predicted molar refractivity (Wildman–Crippen MR) is 179 cm³/mol. The van der Waals surface area contributed by atoms with Crippen LogP contribution in [0.4, 0.5) is 17.1 Å². The maximum Gasteiger partial charge on any atom is 0.159 e. The van der Waals surface area contributed by atoms with E-state index in [-0.39, 0.29) is 0 Å². The number of fused-ring (bicyclic) bond motifs is 8. The van der Waals surface area contributed by atoms with Crippen LogP contribution in [0.15, 0.2) is 160 Å². The second kappa shape index (κ2) is 9.37. The molecule has 9 rings (SSSR count). The van der Waals surface area contributed by atoms with Gasteiger partial charge in [0.2, 0.25) is 0 Å². The molecule has 0 atom stereocenters. The smallest absolute Gasteiger partial charge is 0.159 e. The van der Waals surface area contributed by atoms with Gasteiger partial charge < -0.3 is 13.7 Å². The molecule has 0 bridgehead atoms. The Balaban J connectivity index is 1.18. The molecule has 0 aliphatic carbocycles. The molecule has 0 fully saturated rings. The van der Waals surface area contributed by atoms with Crippen LogP contribution in [-0.2, 0) is 0 Å². The van der Waals surface area contributed by atoms with Crippen molar-refractivity contribution in [3.8, 4) is 11.1 Å². The van der Waals surface area contributed by atoms with Crippen molar-refractivity contribution in [3.63, 3.8) is 0 Å². The largest absolute Gasteiger partial charge is 0.456 e. The van der Waals surface area contributed by atoms with E-state index in [1.54, 1.807) is 0 Å². The Labute approximate surface area is 247 Å². The molecule has 0 aliphatic rings. The molecule has 0 N–H and O–H groups in total. The molecule has 0 amide bonds. The average molecular weight is 552 g/mol. The Morgan fingerprint density at radius 3 is 1.88 bits per heavy atom. The number of hydrogen-bond acceptors (Lipinski definition) is 3. The van der Waals surface area contributed by atoms with Crippen LogP contribution in [0.1, 0.15) is 0 Å². The molecule has 0 saturated carbocycles. The summed E-state index contributed by atoms with van der Waals surface area (Å²) in [6.45, 7) is 0. The summed E-state index contributed by atoms with van der Waals surface area (Å²) >= 11 is 0. The predicted octanol–water partition coefficient (Wildman–Crippen LogP) is 11.8. The number of rotatable bonds is 4. The maximum absolute atomic E-state index is 6.45. The van der Waals surface area contributed by atoms with Gasteiger partial charge in [0.05, 0.1) is 5.69 Å². The first-order valence-corrected chi connectivity index (χ1v) is 14.5. The molecule has 0 aliphatic heterocycles. The van der Waals surface area contributed by atoms with E-state index in [9.17, 15) is 0 Å². The molecular weight excluding hydrogens is 526 g/mol. The fraction of sp³-hybridized carbons (Fsp3) is 0. The van der Waals surface area contributed by atoms with E-state index >= 15 is 0 Å². The van der Waals surface area contributed by atoms with Crippen LogP contribution in [0.2, 0.25) is 0 Å². The van der Waals surface area contributed by atoms with E-state index < -0.39 is 0 Å². The normalized spacial score (nSPS) is 11.7. The van der Waals surface area contributed by atoms with Crippen LogP contribution in [0.5, 0.6) is 0 Å². The quantitative estimate of drug-likeness (QED) is 0.218. The van der Waals surface area contributed by atoms with E-state index in [4.69, 9.17) is 8.83 Å². The summed E-state index contributed by atoms with van der Waals surface area (Å²) < 4.78 is 12.6. The van der Waals surface area contributed by atoms with E-state index in [1.807, 2.05) is 30.3 Å². The topological polar surface area (TPSA) is 29.5 Å². The third-order valence-electron chi connectivity index (χ3n) is 8.46. The van der Waals surface area contributed by atoms with Crippen LogP contribution in [0, 0.1) is 0 Å². The highest BCUT2D eigenvalue weighted by atomic mass is 16.3. The zero-order chi connectivity index (χ0) is 28.3. The fourth-order valence-corrected chi connectivity index (χ4v) is 6.44. The van der Waals surface area contributed by atoms with Crippen molar-refractivity contribution in [2.45, 2.75) is 0 Å². The molecule has 9 aromatic rings. The number of para-hydroxylation sites is 4. The van der Waals surface area contributed by atoms with Gasteiger partial charge in [-0.2, -0.15) is 0 Å². The van der Waals surface area contributed by atoms with E-state index in [2.05, 4.69) is 126 Å². The molecule has 43 heavy (non-hydrogen) atoms. The van der Waals surface area contributed by atoms with Crippen LogP contribution >= 0.6 is 0 Å². The number of anilines is 3. The Bertz CT molecular complexity index is 2450. The van der Waals surface area contributed by atoms with Crippen molar-refractivity contribution < 1.29 is 8.83 Å². The Hall–Kier alpha value is -5.80. The number of benzene rings is 7. The van der Waals surface area contributed by atoms with Gasteiger partial charge in [0.15, 0.2) is 5.58 Å². The van der Waals surface area contributed by atoms with Crippen molar-refractivity contribution in [3.05, 3.63) is 152 Å². The van der Waals surface area contributed by atoms with Gasteiger partial charge in [-0.15, -0.1) is 0 Å². The fourth-order valence-electron chi connectivity index (χ4n) is 6.44. The average Bonchev–Trinajstić information content (AvgIpc) is 3.65. The third kappa shape index (κ3) is 3.75. The molecule has 0 spiro atoms. The summed E-state index contributed by atoms with van der Waals surface area (Å²) in [4.78, 5) is 2.27. The van der Waals surface area contributed by atoms with Crippen LogP contribution in [0.25, 0.3) is 65.8 Å². The van der Waals surface area contributed by atoms with Gasteiger partial charge >= 0.3 is 0 Å². The Kier molecular flexibility index (Phi) is 5.20. The highest BCUT2D eigenvalue weighted by Crippen LogP contribution is 2.42. The Morgan fingerprint density at radius 2 is 1.05 bits per heavy atom. The van der Waals surface area contributed by atoms with Gasteiger partial charge in [-0.05, 0) is 76.5 Å². The molecule has 0 saturated heterocycles.